The van der Waals surface area contributed by atoms with Crippen molar-refractivity contribution in [3.63, 3.8) is 0 Å². The molecule has 2 fully saturated rings. The van der Waals surface area contributed by atoms with Crippen molar-refractivity contribution in [3.8, 4) is 0 Å². The first-order chi connectivity index (χ1) is 9.25. The van der Waals surface area contributed by atoms with E-state index in [-0.39, 0.29) is 5.78 Å². The van der Waals surface area contributed by atoms with Crippen LogP contribution < -0.4 is 0 Å². The van der Waals surface area contributed by atoms with Crippen LogP contribution in [0.3, 0.4) is 0 Å². The van der Waals surface area contributed by atoms with Gasteiger partial charge in [-0.3, -0.25) is 9.69 Å². The van der Waals surface area contributed by atoms with Gasteiger partial charge in [0, 0.05) is 16.1 Å². The number of likely N-dealkylation sites (tertiary alicyclic amines) is 1. The van der Waals surface area contributed by atoms with Crippen LogP contribution in [-0.4, -0.2) is 29.8 Å². The van der Waals surface area contributed by atoms with E-state index in [1.54, 1.807) is 0 Å². The van der Waals surface area contributed by atoms with Crippen LogP contribution in [0.5, 0.6) is 0 Å². The first-order valence-corrected chi connectivity index (χ1v) is 8.07. The molecule has 2 unspecified atom stereocenters. The quantitative estimate of drug-likeness (QED) is 0.787. The largest absolute Gasteiger partial charge is 0.293 e. The Morgan fingerprint density at radius 1 is 1.21 bits per heavy atom. The van der Waals surface area contributed by atoms with Crippen LogP contribution in [-0.2, 0) is 0 Å². The zero-order valence-electron chi connectivity index (χ0n) is 11.1. The topological polar surface area (TPSA) is 20.3 Å². The van der Waals surface area contributed by atoms with Crippen molar-refractivity contribution in [2.24, 2.45) is 5.92 Å². The summed E-state index contributed by atoms with van der Waals surface area (Å²) in [5.74, 6) is 1.10. The van der Waals surface area contributed by atoms with E-state index in [1.165, 1.54) is 32.1 Å². The van der Waals surface area contributed by atoms with E-state index in [0.717, 1.165) is 22.5 Å². The van der Waals surface area contributed by atoms with Gasteiger partial charge in [0.05, 0.1) is 6.54 Å². The van der Waals surface area contributed by atoms with Crippen molar-refractivity contribution >= 4 is 21.7 Å². The monoisotopic (exact) mass is 321 g/mol. The highest BCUT2D eigenvalue weighted by atomic mass is 79.9. The second-order valence-corrected chi connectivity index (χ2v) is 6.63. The summed E-state index contributed by atoms with van der Waals surface area (Å²) in [6, 6.07) is 8.42. The molecule has 1 aliphatic carbocycles. The number of carbonyl (C=O) groups is 1. The Kier molecular flexibility index (Phi) is 4.04. The van der Waals surface area contributed by atoms with Crippen LogP contribution in [0.1, 0.15) is 42.5 Å². The van der Waals surface area contributed by atoms with Gasteiger partial charge in [0.15, 0.2) is 5.78 Å². The van der Waals surface area contributed by atoms with Crippen LogP contribution in [0.15, 0.2) is 28.7 Å². The number of hydrogen-bond acceptors (Lipinski definition) is 2. The van der Waals surface area contributed by atoms with Crippen molar-refractivity contribution in [1.82, 2.24) is 4.90 Å². The van der Waals surface area contributed by atoms with Crippen LogP contribution in [0.4, 0.5) is 0 Å². The molecule has 2 atom stereocenters. The van der Waals surface area contributed by atoms with E-state index in [4.69, 9.17) is 0 Å². The van der Waals surface area contributed by atoms with E-state index in [0.29, 0.717) is 12.6 Å². The zero-order chi connectivity index (χ0) is 13.2. The molecule has 1 aromatic carbocycles. The molecule has 102 valence electrons. The third-order valence-electron chi connectivity index (χ3n) is 4.65. The lowest BCUT2D eigenvalue weighted by Crippen LogP contribution is -2.38. The van der Waals surface area contributed by atoms with Crippen LogP contribution in [0, 0.1) is 5.92 Å². The Morgan fingerprint density at radius 2 is 2.00 bits per heavy atom. The molecule has 19 heavy (non-hydrogen) atoms. The molecule has 1 aliphatic heterocycles. The Hall–Kier alpha value is -0.670. The van der Waals surface area contributed by atoms with Gasteiger partial charge in [-0.1, -0.05) is 47.0 Å². The fraction of sp³-hybridized carbons (Fsp3) is 0.562. The SMILES string of the molecule is O=C(CN1CCC2CCCCC21)c1ccccc1Br. The highest BCUT2D eigenvalue weighted by Gasteiger charge is 2.36. The lowest BCUT2D eigenvalue weighted by atomic mass is 9.85. The van der Waals surface area contributed by atoms with E-state index in [1.807, 2.05) is 24.3 Å². The molecule has 0 spiro atoms. The van der Waals surface area contributed by atoms with E-state index in [2.05, 4.69) is 20.8 Å². The number of Topliss-reactive ketones (excluding diaryl/α,β-unsaturated/α-hetero) is 1. The number of hydrogen-bond donors (Lipinski definition) is 0. The minimum atomic E-state index is 0.249. The summed E-state index contributed by atoms with van der Waals surface area (Å²) >= 11 is 3.48. The molecule has 1 saturated carbocycles. The van der Waals surface area contributed by atoms with Crippen molar-refractivity contribution in [2.45, 2.75) is 38.1 Å². The Morgan fingerprint density at radius 3 is 2.84 bits per heavy atom. The number of ketones is 1. The fourth-order valence-corrected chi connectivity index (χ4v) is 4.16. The number of nitrogens with zero attached hydrogens (tertiary/aromatic N) is 1. The average molecular weight is 322 g/mol. The number of rotatable bonds is 3. The number of benzene rings is 1. The van der Waals surface area contributed by atoms with E-state index in [9.17, 15) is 4.79 Å². The number of fused-ring (bicyclic) bond motifs is 1. The predicted octanol–water partition coefficient (Wildman–Crippen LogP) is 3.90. The van der Waals surface area contributed by atoms with Crippen LogP contribution in [0.25, 0.3) is 0 Å². The molecule has 1 saturated heterocycles. The van der Waals surface area contributed by atoms with Crippen molar-refractivity contribution in [3.05, 3.63) is 34.3 Å². The third kappa shape index (κ3) is 2.77. The standard InChI is InChI=1S/C16H20BrNO/c17-14-7-3-2-6-13(14)16(19)11-18-10-9-12-5-1-4-8-15(12)18/h2-3,6-7,12,15H,1,4-5,8-11H2. The van der Waals surface area contributed by atoms with Crippen molar-refractivity contribution in [2.75, 3.05) is 13.1 Å². The van der Waals surface area contributed by atoms with Gasteiger partial charge < -0.3 is 0 Å². The first kappa shape index (κ1) is 13.3. The Labute approximate surface area is 123 Å². The van der Waals surface area contributed by atoms with Gasteiger partial charge in [-0.15, -0.1) is 0 Å². The lowest BCUT2D eigenvalue weighted by molar-refractivity contribution is 0.0895. The van der Waals surface area contributed by atoms with Crippen LogP contribution in [0.2, 0.25) is 0 Å². The van der Waals surface area contributed by atoms with Gasteiger partial charge in [-0.25, -0.2) is 0 Å². The smallest absolute Gasteiger partial charge is 0.177 e. The Bertz CT molecular complexity index is 474. The highest BCUT2D eigenvalue weighted by Crippen LogP contribution is 2.36. The Balaban J connectivity index is 1.68. The van der Waals surface area contributed by atoms with Crippen molar-refractivity contribution in [1.29, 1.82) is 0 Å². The molecule has 0 bridgehead atoms. The molecule has 2 aliphatic rings. The van der Waals surface area contributed by atoms with Crippen molar-refractivity contribution < 1.29 is 4.79 Å². The average Bonchev–Trinajstić information content (AvgIpc) is 2.83. The predicted molar refractivity (Wildman–Crippen MR) is 80.4 cm³/mol. The molecule has 0 aromatic heterocycles. The minimum absolute atomic E-state index is 0.249. The second-order valence-electron chi connectivity index (χ2n) is 5.77. The molecule has 0 N–H and O–H groups in total. The zero-order valence-corrected chi connectivity index (χ0v) is 12.7. The summed E-state index contributed by atoms with van der Waals surface area (Å²) in [5.41, 5.74) is 0.821. The van der Waals surface area contributed by atoms with Gasteiger partial charge in [-0.05, 0) is 37.8 Å². The maximum atomic E-state index is 12.4. The fourth-order valence-electron chi connectivity index (χ4n) is 3.66. The molecular weight excluding hydrogens is 302 g/mol. The molecule has 3 rings (SSSR count). The summed E-state index contributed by atoms with van der Waals surface area (Å²) in [5, 5.41) is 0. The van der Waals surface area contributed by atoms with Gasteiger partial charge in [0.2, 0.25) is 0 Å². The van der Waals surface area contributed by atoms with E-state index < -0.39 is 0 Å². The summed E-state index contributed by atoms with van der Waals surface area (Å²) in [6.45, 7) is 1.69. The van der Waals surface area contributed by atoms with Gasteiger partial charge >= 0.3 is 0 Å². The number of carbonyl (C=O) groups excluding carboxylic acids is 1. The maximum absolute atomic E-state index is 12.4. The van der Waals surface area contributed by atoms with Gasteiger partial charge in [0.25, 0.3) is 0 Å². The number of halogens is 1. The molecule has 2 nitrogen and oxygen atoms in total. The second kappa shape index (κ2) is 5.76. The highest BCUT2D eigenvalue weighted by molar-refractivity contribution is 9.10. The molecule has 3 heteroatoms. The third-order valence-corrected chi connectivity index (χ3v) is 5.34. The van der Waals surface area contributed by atoms with E-state index >= 15 is 0 Å². The van der Waals surface area contributed by atoms with Crippen LogP contribution >= 0.6 is 15.9 Å². The summed E-state index contributed by atoms with van der Waals surface area (Å²) in [6.07, 6.45) is 6.65. The van der Waals surface area contributed by atoms with Gasteiger partial charge in [-0.2, -0.15) is 0 Å². The molecular formula is C16H20BrNO. The van der Waals surface area contributed by atoms with Gasteiger partial charge in [0.1, 0.15) is 0 Å². The molecule has 1 aromatic rings. The molecule has 0 radical (unpaired) electrons. The minimum Gasteiger partial charge on any atom is -0.293 e. The summed E-state index contributed by atoms with van der Waals surface area (Å²) in [7, 11) is 0. The maximum Gasteiger partial charge on any atom is 0.177 e. The first-order valence-electron chi connectivity index (χ1n) is 7.27. The lowest BCUT2D eigenvalue weighted by Gasteiger charge is -2.31. The molecule has 0 amide bonds. The summed E-state index contributed by atoms with van der Waals surface area (Å²) in [4.78, 5) is 14.8. The summed E-state index contributed by atoms with van der Waals surface area (Å²) < 4.78 is 0.916. The molecule has 1 heterocycles. The normalized spacial score (nSPS) is 27.2.